The Morgan fingerprint density at radius 2 is 1.76 bits per heavy atom. The van der Waals surface area contributed by atoms with Crippen molar-refractivity contribution < 1.29 is 13.2 Å². The number of aryl methyl sites for hydroxylation is 1. The van der Waals surface area contributed by atoms with E-state index in [1.165, 1.54) is 6.07 Å². The molecule has 7 heteroatoms. The third kappa shape index (κ3) is 3.65. The molecule has 2 heterocycles. The van der Waals surface area contributed by atoms with E-state index in [1.54, 1.807) is 0 Å². The van der Waals surface area contributed by atoms with Crippen LogP contribution in [0.2, 0.25) is 0 Å². The third-order valence-electron chi connectivity index (χ3n) is 3.98. The Labute approximate surface area is 143 Å². The van der Waals surface area contributed by atoms with Gasteiger partial charge in [-0.1, -0.05) is 18.2 Å². The summed E-state index contributed by atoms with van der Waals surface area (Å²) in [6.45, 7) is 4.30. The molecule has 0 amide bonds. The molecule has 0 spiro atoms. The highest BCUT2D eigenvalue weighted by atomic mass is 19.4. The molecular formula is C18H17F3N4. The highest BCUT2D eigenvalue weighted by molar-refractivity contribution is 5.41. The first kappa shape index (κ1) is 17.0. The Bertz CT molecular complexity index is 853. The zero-order valence-corrected chi connectivity index (χ0v) is 13.8. The zero-order valence-electron chi connectivity index (χ0n) is 13.8. The molecule has 0 aliphatic rings. The molecule has 0 saturated heterocycles. The predicted molar refractivity (Wildman–Crippen MR) is 89.6 cm³/mol. The van der Waals surface area contributed by atoms with E-state index >= 15 is 0 Å². The summed E-state index contributed by atoms with van der Waals surface area (Å²) in [5, 5.41) is 7.60. The van der Waals surface area contributed by atoms with Crippen molar-refractivity contribution in [1.82, 2.24) is 14.8 Å². The molecule has 0 aliphatic carbocycles. The number of hydrogen-bond acceptors (Lipinski definition) is 3. The van der Waals surface area contributed by atoms with Gasteiger partial charge in [-0.3, -0.25) is 0 Å². The molecule has 3 rings (SSSR count). The summed E-state index contributed by atoms with van der Waals surface area (Å²) in [6.07, 6.45) is -3.55. The lowest BCUT2D eigenvalue weighted by molar-refractivity contribution is -0.137. The van der Waals surface area contributed by atoms with Gasteiger partial charge in [0.1, 0.15) is 5.82 Å². The maximum absolute atomic E-state index is 12.6. The molecule has 130 valence electrons. The number of aromatic nitrogens is 3. The van der Waals surface area contributed by atoms with Crippen LogP contribution in [0, 0.1) is 13.8 Å². The quantitative estimate of drug-likeness (QED) is 0.755. The number of rotatable bonds is 4. The van der Waals surface area contributed by atoms with Gasteiger partial charge in [-0.15, -0.1) is 0 Å². The number of hydrogen-bond donors (Lipinski definition) is 1. The number of para-hydroxylation sites is 1. The lowest BCUT2D eigenvalue weighted by Gasteiger charge is -2.09. The number of pyridine rings is 1. The van der Waals surface area contributed by atoms with E-state index in [4.69, 9.17) is 0 Å². The lowest BCUT2D eigenvalue weighted by atomic mass is 10.2. The Morgan fingerprint density at radius 1 is 1.04 bits per heavy atom. The topological polar surface area (TPSA) is 42.7 Å². The Kier molecular flexibility index (Phi) is 4.48. The second kappa shape index (κ2) is 6.58. The van der Waals surface area contributed by atoms with Gasteiger partial charge < -0.3 is 5.32 Å². The number of alkyl halides is 3. The van der Waals surface area contributed by atoms with Gasteiger partial charge in [0.2, 0.25) is 0 Å². The summed E-state index contributed by atoms with van der Waals surface area (Å²) in [5.41, 5.74) is 3.03. The molecule has 0 radical (unpaired) electrons. The van der Waals surface area contributed by atoms with Crippen LogP contribution < -0.4 is 5.32 Å². The van der Waals surface area contributed by atoms with Gasteiger partial charge in [-0.25, -0.2) is 9.67 Å². The van der Waals surface area contributed by atoms with Gasteiger partial charge in [0.25, 0.3) is 0 Å². The van der Waals surface area contributed by atoms with Crippen molar-refractivity contribution in [3.8, 4) is 5.69 Å². The van der Waals surface area contributed by atoms with Crippen LogP contribution in [-0.2, 0) is 12.7 Å². The molecule has 0 saturated carbocycles. The maximum atomic E-state index is 12.6. The minimum absolute atomic E-state index is 0.388. The normalized spacial score (nSPS) is 11.6. The maximum Gasteiger partial charge on any atom is 0.417 e. The smallest absolute Gasteiger partial charge is 0.366 e. The largest absolute Gasteiger partial charge is 0.417 e. The predicted octanol–water partition coefficient (Wildman–Crippen LogP) is 4.52. The van der Waals surface area contributed by atoms with Crippen LogP contribution in [0.1, 0.15) is 22.5 Å². The number of nitrogens with zero attached hydrogens (tertiary/aromatic N) is 3. The average Bonchev–Trinajstić information content (AvgIpc) is 2.88. The fourth-order valence-corrected chi connectivity index (χ4v) is 2.60. The monoisotopic (exact) mass is 346 g/mol. The minimum Gasteiger partial charge on any atom is -0.366 e. The molecule has 2 aromatic heterocycles. The van der Waals surface area contributed by atoms with Crippen LogP contribution in [0.15, 0.2) is 48.7 Å². The molecule has 25 heavy (non-hydrogen) atoms. The number of nitrogens with one attached hydrogen (secondary N) is 1. The van der Waals surface area contributed by atoms with Gasteiger partial charge in [-0.05, 0) is 38.1 Å². The van der Waals surface area contributed by atoms with E-state index < -0.39 is 11.7 Å². The van der Waals surface area contributed by atoms with Crippen molar-refractivity contribution in [2.24, 2.45) is 0 Å². The second-order valence-electron chi connectivity index (χ2n) is 5.68. The summed E-state index contributed by atoms with van der Waals surface area (Å²) in [5.74, 6) is 0.388. The molecule has 0 unspecified atom stereocenters. The zero-order chi connectivity index (χ0) is 18.0. The standard InChI is InChI=1S/C18H17F3N4/c1-12-16(13(2)25(24-12)15-6-4-3-5-7-15)11-23-17-9-8-14(10-22-17)18(19,20)21/h3-10H,11H2,1-2H3,(H,22,23). The average molecular weight is 346 g/mol. The third-order valence-corrected chi connectivity index (χ3v) is 3.98. The summed E-state index contributed by atoms with van der Waals surface area (Å²) < 4.78 is 39.6. The van der Waals surface area contributed by atoms with Crippen molar-refractivity contribution in [2.45, 2.75) is 26.6 Å². The van der Waals surface area contributed by atoms with E-state index in [9.17, 15) is 13.2 Å². The Hall–Kier alpha value is -2.83. The molecule has 1 aromatic carbocycles. The van der Waals surface area contributed by atoms with E-state index in [0.29, 0.717) is 12.4 Å². The molecule has 3 aromatic rings. The lowest BCUT2D eigenvalue weighted by Crippen LogP contribution is -2.07. The van der Waals surface area contributed by atoms with E-state index in [2.05, 4.69) is 15.4 Å². The van der Waals surface area contributed by atoms with E-state index in [1.807, 2.05) is 48.9 Å². The summed E-state index contributed by atoms with van der Waals surface area (Å²) in [7, 11) is 0. The van der Waals surface area contributed by atoms with Crippen LogP contribution >= 0.6 is 0 Å². The first-order valence-electron chi connectivity index (χ1n) is 7.74. The molecule has 4 nitrogen and oxygen atoms in total. The number of halogens is 3. The SMILES string of the molecule is Cc1nn(-c2ccccc2)c(C)c1CNc1ccc(C(F)(F)F)cn1. The summed E-state index contributed by atoms with van der Waals surface area (Å²) in [4.78, 5) is 3.83. The van der Waals surface area contributed by atoms with Crippen molar-refractivity contribution >= 4 is 5.82 Å². The Morgan fingerprint density at radius 3 is 2.36 bits per heavy atom. The highest BCUT2D eigenvalue weighted by Crippen LogP contribution is 2.29. The van der Waals surface area contributed by atoms with Gasteiger partial charge >= 0.3 is 6.18 Å². The van der Waals surface area contributed by atoms with Gasteiger partial charge in [0, 0.05) is 24.0 Å². The van der Waals surface area contributed by atoms with Crippen molar-refractivity contribution in [2.75, 3.05) is 5.32 Å². The van der Waals surface area contributed by atoms with E-state index in [-0.39, 0.29) is 0 Å². The van der Waals surface area contributed by atoms with Gasteiger partial charge in [0.15, 0.2) is 0 Å². The molecular weight excluding hydrogens is 329 g/mol. The fourth-order valence-electron chi connectivity index (χ4n) is 2.60. The molecule has 0 atom stereocenters. The van der Waals surface area contributed by atoms with Crippen LogP contribution in [-0.4, -0.2) is 14.8 Å². The molecule has 0 bridgehead atoms. The van der Waals surface area contributed by atoms with Crippen molar-refractivity contribution in [1.29, 1.82) is 0 Å². The first-order chi connectivity index (χ1) is 11.9. The first-order valence-corrected chi connectivity index (χ1v) is 7.74. The van der Waals surface area contributed by atoms with Crippen LogP contribution in [0.5, 0.6) is 0 Å². The Balaban J connectivity index is 1.77. The van der Waals surface area contributed by atoms with Crippen LogP contribution in [0.3, 0.4) is 0 Å². The van der Waals surface area contributed by atoms with Gasteiger partial charge in [-0.2, -0.15) is 18.3 Å². The molecule has 0 fully saturated rings. The molecule has 0 aliphatic heterocycles. The van der Waals surface area contributed by atoms with Crippen molar-refractivity contribution in [3.05, 3.63) is 71.2 Å². The highest BCUT2D eigenvalue weighted by Gasteiger charge is 2.30. The van der Waals surface area contributed by atoms with Crippen molar-refractivity contribution in [3.63, 3.8) is 0 Å². The minimum atomic E-state index is -4.38. The van der Waals surface area contributed by atoms with E-state index in [0.717, 1.165) is 34.9 Å². The second-order valence-corrected chi connectivity index (χ2v) is 5.68. The number of benzene rings is 1. The summed E-state index contributed by atoms with van der Waals surface area (Å²) >= 11 is 0. The molecule has 1 N–H and O–H groups in total. The van der Waals surface area contributed by atoms with Crippen LogP contribution in [0.4, 0.5) is 19.0 Å². The summed E-state index contributed by atoms with van der Waals surface area (Å²) in [6, 6.07) is 12.1. The van der Waals surface area contributed by atoms with Gasteiger partial charge in [0.05, 0.1) is 16.9 Å². The fraction of sp³-hybridized carbons (Fsp3) is 0.222. The van der Waals surface area contributed by atoms with Crippen LogP contribution in [0.25, 0.3) is 5.69 Å². The number of anilines is 1.